The van der Waals surface area contributed by atoms with Crippen molar-refractivity contribution in [3.05, 3.63) is 88.2 Å². The first-order valence-electron chi connectivity index (χ1n) is 10.9. The zero-order chi connectivity index (χ0) is 24.5. The first kappa shape index (κ1) is 23.4. The molecule has 0 aromatic heterocycles. The van der Waals surface area contributed by atoms with Gasteiger partial charge in [0.05, 0.1) is 19.9 Å². The number of hydrogen-bond donors (Lipinski definition) is 0. The summed E-state index contributed by atoms with van der Waals surface area (Å²) in [5, 5.41) is 0.877. The van der Waals surface area contributed by atoms with Crippen LogP contribution in [0.3, 0.4) is 0 Å². The number of carbonyl (C=O) groups is 1. The van der Waals surface area contributed by atoms with E-state index < -0.39 is 6.04 Å². The number of carbonyl (C=O) groups excluding carboxylic acids is 1. The fraction of sp³-hybridized carbons (Fsp3) is 0.192. The van der Waals surface area contributed by atoms with Gasteiger partial charge in [-0.1, -0.05) is 59.8 Å². The zero-order valence-corrected chi connectivity index (χ0v) is 20.6. The zero-order valence-electron chi connectivity index (χ0n) is 19.0. The molecule has 6 nitrogen and oxygen atoms in total. The smallest absolute Gasteiger partial charge is 0.271 e. The third-order valence-corrected chi connectivity index (χ3v) is 7.22. The molecule has 2 aliphatic rings. The summed E-state index contributed by atoms with van der Waals surface area (Å²) in [6.45, 7) is 0. The minimum absolute atomic E-state index is 0.239. The van der Waals surface area contributed by atoms with Crippen molar-refractivity contribution in [1.82, 2.24) is 4.90 Å². The average Bonchev–Trinajstić information content (AvgIpc) is 3.19. The molecule has 0 aliphatic carbocycles. The van der Waals surface area contributed by atoms with Crippen LogP contribution in [0.5, 0.6) is 11.5 Å². The standard InChI is InChI=1S/C26H21ClFN3O3S/c1-33-22-12-16-20(13-23(22)34-2)29-26(35-14-17-18(27)9-6-10-19(17)28)31-21(25(32)30-24(16)31)11-15-7-4-3-5-8-15/h3-10,12-13,21H,11,14H2,1-2H3. The quantitative estimate of drug-likeness (QED) is 0.431. The first-order chi connectivity index (χ1) is 17.0. The topological polar surface area (TPSA) is 63.5 Å². The van der Waals surface area contributed by atoms with E-state index in [4.69, 9.17) is 26.1 Å². The molecule has 3 aromatic rings. The third-order valence-electron chi connectivity index (χ3n) is 5.89. The Hall–Kier alpha value is -3.36. The summed E-state index contributed by atoms with van der Waals surface area (Å²) >= 11 is 7.56. The van der Waals surface area contributed by atoms with Crippen LogP contribution in [0.4, 0.5) is 10.1 Å². The van der Waals surface area contributed by atoms with E-state index in [1.165, 1.54) is 17.8 Å². The largest absolute Gasteiger partial charge is 0.493 e. The second-order valence-corrected chi connectivity index (χ2v) is 9.31. The number of hydrogen-bond acceptors (Lipinski definition) is 6. The van der Waals surface area contributed by atoms with Crippen LogP contribution < -0.4 is 9.47 Å². The highest BCUT2D eigenvalue weighted by molar-refractivity contribution is 8.13. The van der Waals surface area contributed by atoms with Crippen LogP contribution >= 0.6 is 23.4 Å². The molecule has 35 heavy (non-hydrogen) atoms. The molecule has 1 unspecified atom stereocenters. The molecule has 178 valence electrons. The van der Waals surface area contributed by atoms with E-state index in [2.05, 4.69) is 4.99 Å². The van der Waals surface area contributed by atoms with E-state index in [9.17, 15) is 9.18 Å². The van der Waals surface area contributed by atoms with Gasteiger partial charge in [0.2, 0.25) is 0 Å². The molecule has 0 fully saturated rings. The molecule has 3 aromatic carbocycles. The number of halogens is 2. The molecule has 0 bridgehead atoms. The number of fused-ring (bicyclic) bond motifs is 3. The number of thioether (sulfide) groups is 1. The monoisotopic (exact) mass is 509 g/mol. The molecule has 2 aliphatic heterocycles. The van der Waals surface area contributed by atoms with Crippen molar-refractivity contribution in [3.63, 3.8) is 0 Å². The van der Waals surface area contributed by atoms with Gasteiger partial charge in [0.15, 0.2) is 16.7 Å². The summed E-state index contributed by atoms with van der Waals surface area (Å²) in [6, 6.07) is 17.3. The number of benzene rings is 3. The summed E-state index contributed by atoms with van der Waals surface area (Å²) < 4.78 is 25.4. The number of methoxy groups -OCH3 is 2. The Kier molecular flexibility index (Phi) is 6.49. The Morgan fingerprint density at radius 1 is 1.03 bits per heavy atom. The van der Waals surface area contributed by atoms with Gasteiger partial charge in [-0.25, -0.2) is 9.38 Å². The molecule has 2 heterocycles. The molecule has 1 atom stereocenters. The maximum atomic E-state index is 14.5. The van der Waals surface area contributed by atoms with Crippen molar-refractivity contribution in [1.29, 1.82) is 0 Å². The molecule has 5 rings (SSSR count). The van der Waals surface area contributed by atoms with Gasteiger partial charge < -0.3 is 9.47 Å². The summed E-state index contributed by atoms with van der Waals surface area (Å²) in [4.78, 5) is 24.2. The summed E-state index contributed by atoms with van der Waals surface area (Å²) in [5.74, 6) is 1.10. The minimum atomic E-state index is -0.573. The minimum Gasteiger partial charge on any atom is -0.493 e. The molecule has 9 heteroatoms. The lowest BCUT2D eigenvalue weighted by Crippen LogP contribution is -2.44. The van der Waals surface area contributed by atoms with Crippen molar-refractivity contribution < 1.29 is 18.7 Å². The van der Waals surface area contributed by atoms with Gasteiger partial charge in [0, 0.05) is 34.4 Å². The van der Waals surface area contributed by atoms with Crippen molar-refractivity contribution in [2.24, 2.45) is 9.98 Å². The van der Waals surface area contributed by atoms with Gasteiger partial charge in [-0.3, -0.25) is 9.69 Å². The lowest BCUT2D eigenvalue weighted by Gasteiger charge is -2.31. The van der Waals surface area contributed by atoms with Crippen molar-refractivity contribution in [3.8, 4) is 11.5 Å². The normalized spacial score (nSPS) is 16.4. The highest BCUT2D eigenvalue weighted by atomic mass is 35.5. The van der Waals surface area contributed by atoms with Crippen LogP contribution in [0.25, 0.3) is 0 Å². The maximum Gasteiger partial charge on any atom is 0.271 e. The van der Waals surface area contributed by atoms with Crippen LogP contribution in [-0.4, -0.2) is 42.1 Å². The number of amidine groups is 2. The van der Waals surface area contributed by atoms with Crippen LogP contribution in [-0.2, 0) is 17.0 Å². The Morgan fingerprint density at radius 2 is 1.77 bits per heavy atom. The summed E-state index contributed by atoms with van der Waals surface area (Å²) in [6.07, 6.45) is 0.454. The molecule has 1 amide bonds. The van der Waals surface area contributed by atoms with E-state index >= 15 is 0 Å². The fourth-order valence-electron chi connectivity index (χ4n) is 4.13. The SMILES string of the molecule is COc1cc2c(cc1OC)C1=NC(=O)C(Cc3ccccc3)N1C(SCc1c(F)cccc1Cl)=N2. The predicted molar refractivity (Wildman–Crippen MR) is 137 cm³/mol. The number of rotatable bonds is 6. The van der Waals surface area contributed by atoms with Crippen LogP contribution in [0.1, 0.15) is 16.7 Å². The van der Waals surface area contributed by atoms with Gasteiger partial charge >= 0.3 is 0 Å². The third kappa shape index (κ3) is 4.39. The average molecular weight is 510 g/mol. The highest BCUT2D eigenvalue weighted by Crippen LogP contribution is 2.42. The van der Waals surface area contributed by atoms with Gasteiger partial charge in [-0.2, -0.15) is 4.99 Å². The maximum absolute atomic E-state index is 14.5. The van der Waals surface area contributed by atoms with Crippen molar-refractivity contribution in [2.75, 3.05) is 14.2 Å². The van der Waals surface area contributed by atoms with Gasteiger partial charge in [-0.15, -0.1) is 0 Å². The Labute approximate surface area is 211 Å². The Morgan fingerprint density at radius 3 is 2.49 bits per heavy atom. The van der Waals surface area contributed by atoms with Gasteiger partial charge in [-0.05, 0) is 23.8 Å². The molecular weight excluding hydrogens is 489 g/mol. The van der Waals surface area contributed by atoms with Crippen molar-refractivity contribution >= 4 is 46.0 Å². The number of ether oxygens (including phenoxy) is 2. The molecule has 0 saturated heterocycles. The molecule has 0 radical (unpaired) electrons. The fourth-order valence-corrected chi connectivity index (χ4v) is 5.52. The van der Waals surface area contributed by atoms with E-state index in [1.807, 2.05) is 35.2 Å². The number of amides is 1. The summed E-state index contributed by atoms with van der Waals surface area (Å²) in [7, 11) is 3.10. The van der Waals surface area contributed by atoms with Gasteiger partial charge in [0.25, 0.3) is 5.91 Å². The highest BCUT2D eigenvalue weighted by Gasteiger charge is 2.42. The van der Waals surface area contributed by atoms with Crippen molar-refractivity contribution in [2.45, 2.75) is 18.2 Å². The van der Waals surface area contributed by atoms with Crippen LogP contribution in [0.15, 0.2) is 70.6 Å². The summed E-state index contributed by atoms with van der Waals surface area (Å²) in [5.41, 5.74) is 2.64. The second kappa shape index (κ2) is 9.71. The molecule has 0 spiro atoms. The molecule has 0 saturated carbocycles. The van der Waals surface area contributed by atoms with E-state index in [0.29, 0.717) is 50.8 Å². The molecular formula is C26H21ClFN3O3S. The number of aliphatic imine (C=N–C) groups is 2. The lowest BCUT2D eigenvalue weighted by molar-refractivity contribution is -0.119. The predicted octanol–water partition coefficient (Wildman–Crippen LogP) is 5.63. The Balaban J connectivity index is 1.57. The second-order valence-electron chi connectivity index (χ2n) is 7.96. The first-order valence-corrected chi connectivity index (χ1v) is 12.2. The lowest BCUT2D eigenvalue weighted by atomic mass is 10.0. The van der Waals surface area contributed by atoms with E-state index in [1.54, 1.807) is 38.5 Å². The van der Waals surface area contributed by atoms with Crippen LogP contribution in [0.2, 0.25) is 5.02 Å². The number of nitrogens with zero attached hydrogens (tertiary/aromatic N) is 3. The Bertz CT molecular complexity index is 1340. The van der Waals surface area contributed by atoms with E-state index in [-0.39, 0.29) is 17.5 Å². The van der Waals surface area contributed by atoms with E-state index in [0.717, 1.165) is 5.56 Å². The van der Waals surface area contributed by atoms with Crippen LogP contribution in [0, 0.1) is 5.82 Å². The molecule has 0 N–H and O–H groups in total. The van der Waals surface area contributed by atoms with Gasteiger partial charge in [0.1, 0.15) is 17.7 Å².